The molecule has 42 heavy (non-hydrogen) atoms. The fraction of sp³-hybridized carbons (Fsp3) is 0.0769. The van der Waals surface area contributed by atoms with E-state index in [0.717, 1.165) is 44.1 Å². The van der Waals surface area contributed by atoms with Crippen molar-refractivity contribution < 1.29 is 0 Å². The van der Waals surface area contributed by atoms with E-state index in [1.54, 1.807) is 0 Å². The first-order chi connectivity index (χ1) is 20.5. The number of rotatable bonds is 4. The van der Waals surface area contributed by atoms with E-state index in [1.807, 2.05) is 0 Å². The minimum Gasteiger partial charge on any atom is -0.354 e. The third-order valence-electron chi connectivity index (χ3n) is 8.84. The summed E-state index contributed by atoms with van der Waals surface area (Å²) in [6, 6.07) is 47.6. The molecule has 0 saturated heterocycles. The van der Waals surface area contributed by atoms with Crippen LogP contribution in [0.15, 0.2) is 133 Å². The van der Waals surface area contributed by atoms with Crippen molar-refractivity contribution >= 4 is 50.5 Å². The molecule has 1 aliphatic rings. The zero-order valence-corrected chi connectivity index (χ0v) is 24.3. The second-order valence-electron chi connectivity index (χ2n) is 11.7. The quantitative estimate of drug-likeness (QED) is 0.227. The summed E-state index contributed by atoms with van der Waals surface area (Å²) in [5.41, 5.74) is 13.1. The summed E-state index contributed by atoms with van der Waals surface area (Å²) in [7, 11) is 0. The average molecular weight is 561 g/mol. The molecule has 3 heteroatoms. The largest absolute Gasteiger partial charge is 0.354 e. The molecule has 0 amide bonds. The van der Waals surface area contributed by atoms with Crippen molar-refractivity contribution in [2.75, 3.05) is 4.90 Å². The Labute approximate surface area is 250 Å². The predicted octanol–water partition coefficient (Wildman–Crippen LogP) is 11.4. The van der Waals surface area contributed by atoms with Crippen LogP contribution in [0.4, 0.5) is 17.1 Å². The van der Waals surface area contributed by atoms with E-state index in [2.05, 4.69) is 157 Å². The highest BCUT2D eigenvalue weighted by Crippen LogP contribution is 2.52. The van der Waals surface area contributed by atoms with Crippen LogP contribution in [0.3, 0.4) is 0 Å². The first kappa shape index (κ1) is 25.0. The smallest absolute Gasteiger partial charge is 0.0545 e. The van der Waals surface area contributed by atoms with Gasteiger partial charge in [0.1, 0.15) is 0 Å². The summed E-state index contributed by atoms with van der Waals surface area (Å²) in [5.74, 6) is 0. The molecule has 6 aromatic carbocycles. The molecule has 1 N–H and O–H groups in total. The van der Waals surface area contributed by atoms with Gasteiger partial charge >= 0.3 is 0 Å². The van der Waals surface area contributed by atoms with Gasteiger partial charge in [-0.05, 0) is 88.5 Å². The second kappa shape index (κ2) is 9.37. The molecule has 0 atom stereocenters. The summed E-state index contributed by atoms with van der Waals surface area (Å²) in [4.78, 5) is 6.00. The fourth-order valence-corrected chi connectivity index (χ4v) is 6.99. The van der Waals surface area contributed by atoms with Gasteiger partial charge in [0.05, 0.1) is 5.52 Å². The van der Waals surface area contributed by atoms with Crippen LogP contribution in [0.2, 0.25) is 5.02 Å². The van der Waals surface area contributed by atoms with Crippen molar-refractivity contribution in [3.63, 3.8) is 0 Å². The van der Waals surface area contributed by atoms with Crippen molar-refractivity contribution in [3.05, 3.63) is 150 Å². The number of hydrogen-bond donors (Lipinski definition) is 1. The van der Waals surface area contributed by atoms with Gasteiger partial charge in [-0.2, -0.15) is 0 Å². The van der Waals surface area contributed by atoms with Crippen LogP contribution >= 0.6 is 11.6 Å². The van der Waals surface area contributed by atoms with Gasteiger partial charge < -0.3 is 9.88 Å². The molecule has 0 bridgehead atoms. The van der Waals surface area contributed by atoms with Gasteiger partial charge in [-0.1, -0.05) is 98.2 Å². The summed E-state index contributed by atoms with van der Waals surface area (Å²) < 4.78 is 0. The van der Waals surface area contributed by atoms with Crippen molar-refractivity contribution in [1.29, 1.82) is 0 Å². The maximum absolute atomic E-state index is 6.71. The number of anilines is 3. The van der Waals surface area contributed by atoms with Gasteiger partial charge in [-0.15, -0.1) is 0 Å². The topological polar surface area (TPSA) is 19.0 Å². The minimum atomic E-state index is -0.173. The number of nitrogens with one attached hydrogen (secondary N) is 1. The number of halogens is 1. The molecule has 1 aromatic heterocycles. The normalized spacial score (nSPS) is 13.3. The highest BCUT2D eigenvalue weighted by Gasteiger charge is 2.36. The fourth-order valence-electron chi connectivity index (χ4n) is 6.78. The Morgan fingerprint density at radius 2 is 1.17 bits per heavy atom. The van der Waals surface area contributed by atoms with Crippen molar-refractivity contribution in [3.8, 4) is 22.3 Å². The first-order valence-electron chi connectivity index (χ1n) is 14.4. The van der Waals surface area contributed by atoms with Crippen LogP contribution in [-0.4, -0.2) is 4.98 Å². The van der Waals surface area contributed by atoms with Crippen LogP contribution in [0.25, 0.3) is 44.1 Å². The van der Waals surface area contributed by atoms with E-state index in [4.69, 9.17) is 11.6 Å². The number of para-hydroxylation sites is 3. The van der Waals surface area contributed by atoms with Crippen molar-refractivity contribution in [2.45, 2.75) is 19.3 Å². The third kappa shape index (κ3) is 3.79. The lowest BCUT2D eigenvalue weighted by atomic mass is 9.81. The van der Waals surface area contributed by atoms with Crippen LogP contribution in [0.1, 0.15) is 25.0 Å². The van der Waals surface area contributed by atoms with E-state index in [1.165, 1.54) is 33.2 Å². The summed E-state index contributed by atoms with van der Waals surface area (Å²) in [5, 5.41) is 3.10. The Hall–Kier alpha value is -4.79. The molecule has 0 saturated carbocycles. The lowest BCUT2D eigenvalue weighted by Crippen LogP contribution is -2.16. The van der Waals surface area contributed by atoms with Crippen LogP contribution < -0.4 is 4.90 Å². The lowest BCUT2D eigenvalue weighted by molar-refractivity contribution is 0.660. The van der Waals surface area contributed by atoms with Crippen molar-refractivity contribution in [2.24, 2.45) is 0 Å². The van der Waals surface area contributed by atoms with Gasteiger partial charge in [-0.3, -0.25) is 0 Å². The molecule has 0 aliphatic heterocycles. The average Bonchev–Trinajstić information content (AvgIpc) is 3.50. The SMILES string of the molecule is CC1(C)c2cc(-c3cc(Cl)cc4c3[nH]c3ccccc34)ccc2-c2ccc(N(c3ccccc3)c3ccccc3)cc21. The molecule has 1 aliphatic carbocycles. The van der Waals surface area contributed by atoms with E-state index in [9.17, 15) is 0 Å². The number of nitrogens with zero attached hydrogens (tertiary/aromatic N) is 1. The van der Waals surface area contributed by atoms with Gasteiger partial charge in [0, 0.05) is 49.4 Å². The van der Waals surface area contributed by atoms with E-state index >= 15 is 0 Å². The number of fused-ring (bicyclic) bond motifs is 6. The monoisotopic (exact) mass is 560 g/mol. The lowest BCUT2D eigenvalue weighted by Gasteiger charge is -2.28. The number of H-pyrrole nitrogens is 1. The molecular weight excluding hydrogens is 532 g/mol. The molecule has 202 valence electrons. The minimum absolute atomic E-state index is 0.173. The van der Waals surface area contributed by atoms with Gasteiger partial charge in [-0.25, -0.2) is 0 Å². The van der Waals surface area contributed by atoms with Crippen LogP contribution in [-0.2, 0) is 5.41 Å². The molecule has 0 unspecified atom stereocenters. The van der Waals surface area contributed by atoms with Crippen LogP contribution in [0, 0.1) is 0 Å². The number of aromatic nitrogens is 1. The van der Waals surface area contributed by atoms with Crippen LogP contribution in [0.5, 0.6) is 0 Å². The molecule has 0 radical (unpaired) electrons. The standard InChI is InChI=1S/C39H29ClN2/c1-39(2)35-21-25(33-22-26(40)23-34-32-15-9-10-16-37(32)41-38(33)34)17-19-30(35)31-20-18-29(24-36(31)39)42(27-11-5-3-6-12-27)28-13-7-4-8-14-28/h3-24,41H,1-2H3. The van der Waals surface area contributed by atoms with E-state index in [-0.39, 0.29) is 5.41 Å². The highest BCUT2D eigenvalue weighted by molar-refractivity contribution is 6.32. The van der Waals surface area contributed by atoms with Gasteiger partial charge in [0.2, 0.25) is 0 Å². The zero-order chi connectivity index (χ0) is 28.4. The molecule has 1 heterocycles. The first-order valence-corrected chi connectivity index (χ1v) is 14.8. The van der Waals surface area contributed by atoms with Gasteiger partial charge in [0.15, 0.2) is 0 Å². The maximum Gasteiger partial charge on any atom is 0.0545 e. The Morgan fingerprint density at radius 1 is 0.548 bits per heavy atom. The van der Waals surface area contributed by atoms with E-state index in [0.29, 0.717) is 0 Å². The Balaban J connectivity index is 1.27. The Kier molecular flexibility index (Phi) is 5.57. The van der Waals surface area contributed by atoms with E-state index < -0.39 is 0 Å². The predicted molar refractivity (Wildman–Crippen MR) is 178 cm³/mol. The van der Waals surface area contributed by atoms with Gasteiger partial charge in [0.25, 0.3) is 0 Å². The molecule has 0 fully saturated rings. The Morgan fingerprint density at radius 3 is 1.88 bits per heavy atom. The Bertz CT molecular complexity index is 2080. The number of benzene rings is 6. The molecular formula is C39H29ClN2. The molecule has 7 aromatic rings. The molecule has 8 rings (SSSR count). The second-order valence-corrected chi connectivity index (χ2v) is 12.1. The summed E-state index contributed by atoms with van der Waals surface area (Å²) >= 11 is 6.71. The number of aromatic amines is 1. The molecule has 2 nitrogen and oxygen atoms in total. The number of hydrogen-bond acceptors (Lipinski definition) is 1. The highest BCUT2D eigenvalue weighted by atomic mass is 35.5. The summed E-state index contributed by atoms with van der Waals surface area (Å²) in [6.07, 6.45) is 0. The third-order valence-corrected chi connectivity index (χ3v) is 9.06. The van der Waals surface area contributed by atoms with Crippen molar-refractivity contribution in [1.82, 2.24) is 4.98 Å². The molecule has 0 spiro atoms. The summed E-state index contributed by atoms with van der Waals surface area (Å²) in [6.45, 7) is 4.69. The maximum atomic E-state index is 6.71. The zero-order valence-electron chi connectivity index (χ0n) is 23.5.